The van der Waals surface area contributed by atoms with Crippen LogP contribution in [0.4, 0.5) is 0 Å². The first kappa shape index (κ1) is 20.7. The molecule has 21 heavy (non-hydrogen) atoms. The Labute approximate surface area is 135 Å². The second kappa shape index (κ2) is 11.3. The normalized spacial score (nSPS) is 12.7. The van der Waals surface area contributed by atoms with Crippen molar-refractivity contribution in [3.63, 3.8) is 0 Å². The number of rotatable bonds is 11. The van der Waals surface area contributed by atoms with E-state index >= 15 is 0 Å². The molecular weight excluding hydrogens is 320 g/mol. The fourth-order valence-corrected chi connectivity index (χ4v) is 4.82. The van der Waals surface area contributed by atoms with Crippen LogP contribution >= 0.6 is 0 Å². The third-order valence-electron chi connectivity index (χ3n) is 2.51. The zero-order valence-corrected chi connectivity index (χ0v) is 18.5. The van der Waals surface area contributed by atoms with E-state index in [1.807, 2.05) is 0 Å². The van der Waals surface area contributed by atoms with Gasteiger partial charge in [0.2, 0.25) is 0 Å². The van der Waals surface area contributed by atoms with Gasteiger partial charge in [0.05, 0.1) is 13.2 Å². The van der Waals surface area contributed by atoms with E-state index in [9.17, 15) is 4.79 Å². The maximum atomic E-state index is 11.3. The van der Waals surface area contributed by atoms with Crippen LogP contribution < -0.4 is 0 Å². The molecule has 0 aliphatic carbocycles. The van der Waals surface area contributed by atoms with E-state index in [1.54, 1.807) is 13.0 Å². The van der Waals surface area contributed by atoms with E-state index in [0.29, 0.717) is 36.5 Å². The molecule has 5 nitrogen and oxygen atoms in total. The van der Waals surface area contributed by atoms with Gasteiger partial charge in [0.1, 0.15) is 10.5 Å². The summed E-state index contributed by atoms with van der Waals surface area (Å²) in [5.41, 5.74) is 0. The van der Waals surface area contributed by atoms with Crippen LogP contribution in [0, 0.1) is 0 Å². The Morgan fingerprint density at radius 3 is 2.19 bits per heavy atom. The molecule has 0 bridgehead atoms. The second-order valence-electron chi connectivity index (χ2n) is 5.45. The molecule has 124 valence electrons. The lowest BCUT2D eigenvalue weighted by Gasteiger charge is -2.37. The van der Waals surface area contributed by atoms with Gasteiger partial charge >= 0.3 is 5.97 Å². The smallest absolute Gasteiger partial charge is 0.330 e. The largest absolute Gasteiger partial charge is 0.463 e. The van der Waals surface area contributed by atoms with Gasteiger partial charge in [-0.1, -0.05) is 6.08 Å². The molecule has 0 unspecified atom stereocenters. The Hall–Kier alpha value is -0.259. The van der Waals surface area contributed by atoms with Gasteiger partial charge in [-0.2, -0.15) is 0 Å². The highest BCUT2D eigenvalue weighted by molar-refractivity contribution is 6.49. The van der Waals surface area contributed by atoms with Crippen molar-refractivity contribution in [2.24, 2.45) is 0 Å². The summed E-state index contributed by atoms with van der Waals surface area (Å²) in [7, 11) is -1.85. The molecule has 0 aromatic rings. The Morgan fingerprint density at radius 2 is 1.76 bits per heavy atom. The monoisotopic (exact) mass is 350 g/mol. The second-order valence-corrected chi connectivity index (χ2v) is 10.7. The maximum absolute atomic E-state index is 11.3. The van der Waals surface area contributed by atoms with E-state index in [0.717, 1.165) is 0 Å². The molecule has 0 fully saturated rings. The molecule has 0 rings (SSSR count). The summed E-state index contributed by atoms with van der Waals surface area (Å²) >= 11 is 0. The highest BCUT2D eigenvalue weighted by Crippen LogP contribution is 2.23. The fourth-order valence-electron chi connectivity index (χ4n) is 2.06. The minimum Gasteiger partial charge on any atom is -0.463 e. The number of carbonyl (C=O) groups is 1. The number of hydrogen-bond acceptors (Lipinski definition) is 5. The third kappa shape index (κ3) is 10.2. The summed E-state index contributed by atoms with van der Waals surface area (Å²) in [6, 6.07) is 0. The molecule has 0 saturated carbocycles. The standard InChI is InChI=1S/C13H30O5Si3/c1-6-8-12(14)15-10-7-9-13(11-16-19,17-20(2)3)18-21(4)5/h6,8,20-21H,7,9-11H2,1-5,19H3. The predicted molar refractivity (Wildman–Crippen MR) is 93.6 cm³/mol. The van der Waals surface area contributed by atoms with E-state index in [2.05, 4.69) is 26.2 Å². The van der Waals surface area contributed by atoms with Crippen LogP contribution in [0.1, 0.15) is 19.8 Å². The van der Waals surface area contributed by atoms with Crippen molar-refractivity contribution in [1.29, 1.82) is 0 Å². The first-order valence-electron chi connectivity index (χ1n) is 7.49. The van der Waals surface area contributed by atoms with Crippen molar-refractivity contribution in [1.82, 2.24) is 0 Å². The Bertz CT molecular complexity index is 311. The summed E-state index contributed by atoms with van der Waals surface area (Å²) in [6.45, 7) is 11.1. The van der Waals surface area contributed by atoms with Gasteiger partial charge in [0.15, 0.2) is 23.9 Å². The minimum absolute atomic E-state index is 0.305. The first-order chi connectivity index (χ1) is 9.85. The van der Waals surface area contributed by atoms with Gasteiger partial charge in [-0.15, -0.1) is 0 Å². The van der Waals surface area contributed by atoms with Gasteiger partial charge in [-0.3, -0.25) is 0 Å². The van der Waals surface area contributed by atoms with Crippen molar-refractivity contribution in [2.75, 3.05) is 13.2 Å². The summed E-state index contributed by atoms with van der Waals surface area (Å²) in [4.78, 5) is 11.3. The third-order valence-corrected chi connectivity index (χ3v) is 4.60. The molecule has 0 heterocycles. The number of esters is 1. The topological polar surface area (TPSA) is 54.0 Å². The van der Waals surface area contributed by atoms with E-state index in [4.69, 9.17) is 18.0 Å². The molecule has 0 spiro atoms. The number of ether oxygens (including phenoxy) is 1. The average Bonchev–Trinajstić information content (AvgIpc) is 2.33. The van der Waals surface area contributed by atoms with Gasteiger partial charge in [-0.05, 0) is 39.5 Å². The molecule has 0 aromatic heterocycles. The predicted octanol–water partition coefficient (Wildman–Crippen LogP) is 0.879. The SMILES string of the molecule is CC=CC(=O)OCCCC(CO[SiH3])(O[SiH](C)C)O[SiH](C)C. The van der Waals surface area contributed by atoms with Gasteiger partial charge in [0, 0.05) is 12.5 Å². The molecule has 0 atom stereocenters. The van der Waals surface area contributed by atoms with Crippen LogP contribution in [0.3, 0.4) is 0 Å². The van der Waals surface area contributed by atoms with Crippen molar-refractivity contribution in [3.05, 3.63) is 12.2 Å². The molecule has 0 amide bonds. The molecular formula is C13H30O5Si3. The van der Waals surface area contributed by atoms with Crippen LogP contribution in [-0.4, -0.2) is 53.5 Å². The minimum atomic E-state index is -1.25. The maximum Gasteiger partial charge on any atom is 0.330 e. The summed E-state index contributed by atoms with van der Waals surface area (Å²) in [5.74, 6) is -0.948. The van der Waals surface area contributed by atoms with E-state index < -0.39 is 23.9 Å². The Morgan fingerprint density at radius 1 is 1.19 bits per heavy atom. The van der Waals surface area contributed by atoms with Gasteiger partial charge < -0.3 is 18.0 Å². The Balaban J connectivity index is 4.53. The number of hydrogen-bond donors (Lipinski definition) is 0. The molecule has 0 radical (unpaired) electrons. The Kier molecular flexibility index (Phi) is 11.2. The molecule has 8 heteroatoms. The summed E-state index contributed by atoms with van der Waals surface area (Å²) < 4.78 is 22.8. The zero-order chi connectivity index (χ0) is 16.3. The highest BCUT2D eigenvalue weighted by atomic mass is 28.3. The fraction of sp³-hybridized carbons (Fsp3) is 0.769. The van der Waals surface area contributed by atoms with E-state index in [1.165, 1.54) is 6.08 Å². The van der Waals surface area contributed by atoms with Crippen molar-refractivity contribution in [2.45, 2.75) is 51.7 Å². The van der Waals surface area contributed by atoms with Crippen LogP contribution in [0.15, 0.2) is 12.2 Å². The van der Waals surface area contributed by atoms with Gasteiger partial charge in [0.25, 0.3) is 0 Å². The van der Waals surface area contributed by atoms with Crippen LogP contribution in [0.25, 0.3) is 0 Å². The lowest BCUT2D eigenvalue weighted by Crippen LogP contribution is -2.46. The molecule has 0 aromatic carbocycles. The van der Waals surface area contributed by atoms with Gasteiger partial charge in [-0.25, -0.2) is 4.79 Å². The average molecular weight is 351 g/mol. The van der Waals surface area contributed by atoms with Crippen molar-refractivity contribution < 1.29 is 22.8 Å². The quantitative estimate of drug-likeness (QED) is 0.182. The van der Waals surface area contributed by atoms with Crippen molar-refractivity contribution >= 4 is 34.5 Å². The van der Waals surface area contributed by atoms with E-state index in [-0.39, 0.29) is 5.97 Å². The van der Waals surface area contributed by atoms with Crippen LogP contribution in [-0.2, 0) is 22.8 Å². The molecule has 0 saturated heterocycles. The molecule has 0 N–H and O–H groups in total. The summed E-state index contributed by atoms with van der Waals surface area (Å²) in [5, 5.41) is 0. The van der Waals surface area contributed by atoms with Crippen LogP contribution in [0.2, 0.25) is 26.2 Å². The van der Waals surface area contributed by atoms with Crippen molar-refractivity contribution in [3.8, 4) is 0 Å². The molecule has 0 aliphatic rings. The lowest BCUT2D eigenvalue weighted by atomic mass is 10.1. The number of allylic oxidation sites excluding steroid dienone is 1. The number of carbonyl (C=O) groups excluding carboxylic acids is 1. The van der Waals surface area contributed by atoms with Crippen LogP contribution in [0.5, 0.6) is 0 Å². The highest BCUT2D eigenvalue weighted by Gasteiger charge is 2.33. The molecule has 0 aliphatic heterocycles. The zero-order valence-electron chi connectivity index (χ0n) is 14.2. The lowest BCUT2D eigenvalue weighted by molar-refractivity contribution is -0.154. The first-order valence-corrected chi connectivity index (χ1v) is 13.9. The summed E-state index contributed by atoms with van der Waals surface area (Å²) in [6.07, 6.45) is 4.48.